The number of benzene rings is 9. The van der Waals surface area contributed by atoms with Gasteiger partial charge < -0.3 is 0 Å². The molecule has 0 N–H and O–H groups in total. The fourth-order valence-corrected chi connectivity index (χ4v) is 64.5. The molecule has 0 aliphatic carbocycles. The van der Waals surface area contributed by atoms with Gasteiger partial charge in [-0.05, 0) is 0 Å². The molecule has 0 spiro atoms. The fraction of sp³-hybridized carbons (Fsp3) is 0.250. The van der Waals surface area contributed by atoms with Crippen LogP contribution in [0.25, 0.3) is 66.8 Å². The summed E-state index contributed by atoms with van der Waals surface area (Å²) in [7, 11) is 0. The van der Waals surface area contributed by atoms with Gasteiger partial charge in [0.05, 0.1) is 0 Å². The molecule has 10 rings (SSSR count). The van der Waals surface area contributed by atoms with Gasteiger partial charge in [0.15, 0.2) is 0 Å². The van der Waals surface area contributed by atoms with E-state index in [4.69, 9.17) is 4.23 Å². The molecular formula is C72H75O3Sn3. The third kappa shape index (κ3) is 10.7. The van der Waals surface area contributed by atoms with Crippen LogP contribution in [0.1, 0.15) is 100 Å². The average molecular weight is 1340 g/mol. The summed E-state index contributed by atoms with van der Waals surface area (Å²) in [6, 6.07) is 49.3. The Labute approximate surface area is 491 Å². The minimum atomic E-state index is -3.94. The Morgan fingerprint density at radius 2 is 0.333 bits per heavy atom. The summed E-state index contributed by atoms with van der Waals surface area (Å²) >= 11 is -11.8. The Kier molecular flexibility index (Phi) is 16.4. The molecule has 3 radical (unpaired) electrons. The van der Waals surface area contributed by atoms with Crippen LogP contribution in [-0.4, -0.2) is 61.8 Å². The molecule has 78 heavy (non-hydrogen) atoms. The Hall–Kier alpha value is -4.74. The first-order valence-electron chi connectivity index (χ1n) is 27.6. The Morgan fingerprint density at radius 3 is 0.462 bits per heavy atom. The van der Waals surface area contributed by atoms with Crippen molar-refractivity contribution >= 4 is 72.5 Å². The van der Waals surface area contributed by atoms with Crippen LogP contribution in [0.3, 0.4) is 0 Å². The van der Waals surface area contributed by atoms with E-state index in [9.17, 15) is 0 Å². The molecule has 0 amide bonds. The number of hydrogen-bond acceptors (Lipinski definition) is 3. The normalized spacial score (nSPS) is 13.5. The van der Waals surface area contributed by atoms with Crippen molar-refractivity contribution in [1.82, 2.24) is 0 Å². The van der Waals surface area contributed by atoms with E-state index in [2.05, 4.69) is 252 Å². The van der Waals surface area contributed by atoms with Crippen molar-refractivity contribution in [3.8, 4) is 66.8 Å². The van der Waals surface area contributed by atoms with Crippen molar-refractivity contribution in [1.29, 1.82) is 0 Å². The maximum atomic E-state index is 8.39. The molecule has 1 aliphatic heterocycles. The van der Waals surface area contributed by atoms with Gasteiger partial charge in [-0.1, -0.05) is 0 Å². The maximum absolute atomic E-state index is 8.39. The zero-order chi connectivity index (χ0) is 55.8. The number of hydrogen-bond donors (Lipinski definition) is 0. The zero-order valence-electron chi connectivity index (χ0n) is 49.3. The molecule has 6 heteroatoms. The third-order valence-corrected chi connectivity index (χ3v) is 48.6. The van der Waals surface area contributed by atoms with Gasteiger partial charge in [0.1, 0.15) is 0 Å². The Morgan fingerprint density at radius 1 is 0.205 bits per heavy atom. The molecule has 1 fully saturated rings. The van der Waals surface area contributed by atoms with Gasteiger partial charge in [-0.15, -0.1) is 0 Å². The summed E-state index contributed by atoms with van der Waals surface area (Å²) in [5.41, 5.74) is 37.9. The first-order chi connectivity index (χ1) is 37.1. The predicted octanol–water partition coefficient (Wildman–Crippen LogP) is 16.8. The molecule has 0 saturated carbocycles. The molecule has 0 aromatic heterocycles. The molecular weight excluding hydrogens is 1270 g/mol. The summed E-state index contributed by atoms with van der Waals surface area (Å²) in [5.74, 6) is 0. The molecule has 1 aliphatic rings. The van der Waals surface area contributed by atoms with Crippen molar-refractivity contribution in [3.05, 3.63) is 228 Å². The SMILES string of the molecule is Cc1cc(C)c(-c2cccc(-c3c(C)cc(C)cc3C)[c]2[Sn]2[O][Sn]([c]3c(-c4c(C)cc(C)cc4C)cccc3-c3c(C)cc(C)cc3C)[O][Sn]([c]3c(-c4c(C)cc(C)cc4C)cccc3-c3c(C)cc(C)cc3C)[O]2)c(C)c1. The third-order valence-electron chi connectivity index (χ3n) is 16.0. The molecule has 393 valence electrons. The van der Waals surface area contributed by atoms with Crippen LogP contribution in [0.2, 0.25) is 0 Å². The average Bonchev–Trinajstić information content (AvgIpc) is 3.32. The van der Waals surface area contributed by atoms with Gasteiger partial charge in [-0.2, -0.15) is 0 Å². The summed E-state index contributed by atoms with van der Waals surface area (Å²) in [6.45, 7) is 40.8. The monoisotopic (exact) mass is 1350 g/mol. The van der Waals surface area contributed by atoms with Crippen molar-refractivity contribution in [2.75, 3.05) is 0 Å². The van der Waals surface area contributed by atoms with Gasteiger partial charge >= 0.3 is 496 Å². The van der Waals surface area contributed by atoms with E-state index < -0.39 is 61.8 Å². The number of rotatable bonds is 9. The summed E-state index contributed by atoms with van der Waals surface area (Å²) in [4.78, 5) is 0. The molecule has 0 bridgehead atoms. The molecule has 9 aromatic rings. The van der Waals surface area contributed by atoms with Crippen LogP contribution in [0.5, 0.6) is 0 Å². The van der Waals surface area contributed by atoms with Crippen molar-refractivity contribution in [2.24, 2.45) is 0 Å². The fourth-order valence-electron chi connectivity index (χ4n) is 13.8. The van der Waals surface area contributed by atoms with Crippen LogP contribution in [0.4, 0.5) is 0 Å². The first kappa shape index (κ1) is 56.5. The van der Waals surface area contributed by atoms with Crippen LogP contribution in [0.15, 0.2) is 127 Å². The topological polar surface area (TPSA) is 27.7 Å². The standard InChI is InChI=1S/3C24H25.3O.3Sn/c3*1-15-10-17(3)23(18(4)11-15)21-8-7-9-22(14-21)24-19(5)12-16(2)13-20(24)6;;;;;;/h3*7-13H,1-6H3;;;;;;. The Bertz CT molecular complexity index is 3130. The van der Waals surface area contributed by atoms with E-state index in [0.29, 0.717) is 0 Å². The second kappa shape index (κ2) is 22.7. The molecule has 1 heterocycles. The zero-order valence-corrected chi connectivity index (χ0v) is 57.9. The molecule has 0 atom stereocenters. The second-order valence-electron chi connectivity index (χ2n) is 23.0. The van der Waals surface area contributed by atoms with Crippen LogP contribution in [0, 0.1) is 125 Å². The van der Waals surface area contributed by atoms with Gasteiger partial charge in [0, 0.05) is 0 Å². The van der Waals surface area contributed by atoms with Crippen LogP contribution < -0.4 is 10.7 Å². The predicted molar refractivity (Wildman–Crippen MR) is 337 cm³/mol. The van der Waals surface area contributed by atoms with Crippen LogP contribution in [-0.2, 0) is 4.23 Å². The van der Waals surface area contributed by atoms with Crippen molar-refractivity contribution in [2.45, 2.75) is 125 Å². The van der Waals surface area contributed by atoms with Gasteiger partial charge in [0.2, 0.25) is 0 Å². The van der Waals surface area contributed by atoms with E-state index in [1.807, 2.05) is 0 Å². The van der Waals surface area contributed by atoms with E-state index in [0.717, 1.165) is 0 Å². The van der Waals surface area contributed by atoms with Gasteiger partial charge in [-0.25, -0.2) is 0 Å². The second-order valence-corrected chi connectivity index (χ2v) is 45.7. The van der Waals surface area contributed by atoms with Crippen molar-refractivity contribution in [3.63, 3.8) is 0 Å². The summed E-state index contributed by atoms with van der Waals surface area (Å²) < 4.78 is 29.0. The molecule has 1 saturated heterocycles. The van der Waals surface area contributed by atoms with E-state index in [-0.39, 0.29) is 0 Å². The minimum absolute atomic E-state index is 1.23. The summed E-state index contributed by atoms with van der Waals surface area (Å²) in [5, 5.41) is 0. The quantitative estimate of drug-likeness (QED) is 0.135. The Balaban J connectivity index is 1.37. The van der Waals surface area contributed by atoms with Crippen LogP contribution >= 0.6 is 0 Å². The molecule has 0 unspecified atom stereocenters. The molecule has 3 nitrogen and oxygen atoms in total. The first-order valence-corrected chi connectivity index (χ1v) is 38.9. The van der Waals surface area contributed by atoms with E-state index >= 15 is 0 Å². The van der Waals surface area contributed by atoms with Gasteiger partial charge in [-0.3, -0.25) is 0 Å². The van der Waals surface area contributed by atoms with E-state index in [1.54, 1.807) is 0 Å². The number of aryl methyl sites for hydroxylation is 18. The van der Waals surface area contributed by atoms with E-state index in [1.165, 1.54) is 178 Å². The summed E-state index contributed by atoms with van der Waals surface area (Å²) in [6.07, 6.45) is 0. The van der Waals surface area contributed by atoms with Crippen molar-refractivity contribution < 1.29 is 4.23 Å². The van der Waals surface area contributed by atoms with Gasteiger partial charge in [0.25, 0.3) is 0 Å². The molecule has 9 aromatic carbocycles.